The van der Waals surface area contributed by atoms with Crippen molar-refractivity contribution in [2.45, 2.75) is 17.1 Å². The Bertz CT molecular complexity index is 921. The van der Waals surface area contributed by atoms with Crippen molar-refractivity contribution in [1.82, 2.24) is 15.0 Å². The third-order valence-electron chi connectivity index (χ3n) is 3.31. The van der Waals surface area contributed by atoms with Crippen LogP contribution < -0.4 is 34.3 Å². The van der Waals surface area contributed by atoms with E-state index in [1.165, 1.54) is 19.4 Å². The van der Waals surface area contributed by atoms with Crippen LogP contribution in [-0.2, 0) is 22.7 Å². The van der Waals surface area contributed by atoms with E-state index in [1.807, 2.05) is 0 Å². The number of methoxy groups -OCH3 is 1. The summed E-state index contributed by atoms with van der Waals surface area (Å²) >= 11 is 0. The van der Waals surface area contributed by atoms with Crippen molar-refractivity contribution in [3.63, 3.8) is 0 Å². The molecule has 5 nitrogen and oxygen atoms in total. The number of alkyl halides is 3. The van der Waals surface area contributed by atoms with Crippen LogP contribution in [0.5, 0.6) is 5.75 Å². The van der Waals surface area contributed by atoms with E-state index in [-0.39, 0.29) is 47.4 Å². The van der Waals surface area contributed by atoms with Crippen LogP contribution in [0.1, 0.15) is 12.7 Å². The maximum absolute atomic E-state index is 12.7. The number of H-pyrrole nitrogens is 1. The predicted molar refractivity (Wildman–Crippen MR) is 83.1 cm³/mol. The largest absolute Gasteiger partial charge is 1.00 e. The monoisotopic (exact) mass is 379 g/mol. The van der Waals surface area contributed by atoms with Crippen molar-refractivity contribution < 1.29 is 53.1 Å². The van der Waals surface area contributed by atoms with E-state index in [4.69, 9.17) is 4.74 Å². The first-order valence-corrected chi connectivity index (χ1v) is 8.13. The minimum Gasteiger partial charge on any atom is -1.00 e. The van der Waals surface area contributed by atoms with Crippen LogP contribution in [0.2, 0.25) is 0 Å². The normalized spacial score (nSPS) is 12.6. The molecule has 1 aromatic carbocycles. The van der Waals surface area contributed by atoms with Gasteiger partial charge in [-0.3, -0.25) is 9.19 Å². The van der Waals surface area contributed by atoms with E-state index < -0.39 is 22.5 Å². The fraction of sp³-hybridized carbons (Fsp3) is 0.200. The summed E-state index contributed by atoms with van der Waals surface area (Å²) < 4.78 is 55.6. The Kier molecular flexibility index (Phi) is 6.26. The van der Waals surface area contributed by atoms with Gasteiger partial charge in [0.05, 0.1) is 46.0 Å². The molecule has 3 rings (SSSR count). The summed E-state index contributed by atoms with van der Waals surface area (Å²) in [7, 11) is -0.0635. The van der Waals surface area contributed by atoms with Crippen LogP contribution >= 0.6 is 0 Å². The van der Waals surface area contributed by atoms with Gasteiger partial charge >= 0.3 is 35.7 Å². The van der Waals surface area contributed by atoms with E-state index in [0.29, 0.717) is 17.0 Å². The average molecular weight is 379 g/mol. The molecule has 128 valence electrons. The molecule has 0 aliphatic rings. The minimum atomic E-state index is -4.44. The molecule has 25 heavy (non-hydrogen) atoms. The Morgan fingerprint density at radius 2 is 2.04 bits per heavy atom. The molecule has 1 atom stereocenters. The number of hydrogen-bond acceptors (Lipinski definition) is 4. The molecule has 0 amide bonds. The van der Waals surface area contributed by atoms with Gasteiger partial charge in [-0.2, -0.15) is 13.2 Å². The molecule has 0 radical (unpaired) electrons. The molecule has 0 spiro atoms. The van der Waals surface area contributed by atoms with E-state index in [9.17, 15) is 17.4 Å². The van der Waals surface area contributed by atoms with Gasteiger partial charge in [-0.05, 0) is 24.3 Å². The van der Waals surface area contributed by atoms with Crippen LogP contribution in [0, 0.1) is 0 Å². The molecule has 2 aromatic heterocycles. The van der Waals surface area contributed by atoms with Crippen molar-refractivity contribution in [2.24, 2.45) is 0 Å². The molecule has 1 N–H and O–H groups in total. The maximum Gasteiger partial charge on any atom is 1.00 e. The number of nitrogens with one attached hydrogen (secondary N) is 1. The second kappa shape index (κ2) is 7.86. The quantitative estimate of drug-likeness (QED) is 0.667. The molecule has 0 aliphatic heterocycles. The van der Waals surface area contributed by atoms with Gasteiger partial charge in [0.25, 0.3) is 0 Å². The topological polar surface area (TPSA) is 67.9 Å². The molecule has 0 saturated carbocycles. The predicted octanol–water partition coefficient (Wildman–Crippen LogP) is 0.410. The zero-order valence-electron chi connectivity index (χ0n) is 14.4. The second-order valence-corrected chi connectivity index (χ2v) is 6.31. The van der Waals surface area contributed by atoms with Crippen LogP contribution in [0.3, 0.4) is 0 Å². The number of hydrogen-bond donors (Lipinski definition) is 1. The number of fused-ring (bicyclic) bond motifs is 1. The number of aromatic nitrogens is 3. The summed E-state index contributed by atoms with van der Waals surface area (Å²) in [5, 5.41) is 0.106. The van der Waals surface area contributed by atoms with Gasteiger partial charge in [-0.1, -0.05) is 0 Å². The van der Waals surface area contributed by atoms with Gasteiger partial charge in [0.1, 0.15) is 5.75 Å². The Labute approximate surface area is 167 Å². The number of pyridine rings is 1. The first-order valence-electron chi connectivity index (χ1n) is 6.81. The van der Waals surface area contributed by atoms with Gasteiger partial charge in [-0.25, -0.2) is 4.98 Å². The molecule has 0 saturated heterocycles. The molecular formula is C15H13F3N3NaO2S. The summed E-state index contributed by atoms with van der Waals surface area (Å²) in [6.45, 7) is 0. The maximum atomic E-state index is 12.7. The van der Waals surface area contributed by atoms with E-state index in [0.717, 1.165) is 12.1 Å². The third-order valence-corrected chi connectivity index (χ3v) is 4.49. The van der Waals surface area contributed by atoms with E-state index >= 15 is 0 Å². The van der Waals surface area contributed by atoms with Crippen molar-refractivity contribution in [3.8, 4) is 5.75 Å². The van der Waals surface area contributed by atoms with Crippen molar-refractivity contribution in [3.05, 3.63) is 47.8 Å². The molecule has 0 bridgehead atoms. The average Bonchev–Trinajstić information content (AvgIpc) is 2.97. The Morgan fingerprint density at radius 1 is 1.28 bits per heavy atom. The fourth-order valence-corrected chi connectivity index (χ4v) is 3.12. The van der Waals surface area contributed by atoms with Gasteiger partial charge in [0.2, 0.25) is 0 Å². The van der Waals surface area contributed by atoms with Crippen LogP contribution in [-0.4, -0.2) is 26.3 Å². The van der Waals surface area contributed by atoms with Crippen LogP contribution in [0.4, 0.5) is 13.2 Å². The number of aromatic amines is 1. The number of halogens is 3. The minimum absolute atomic E-state index is 0. The third kappa shape index (κ3) is 4.60. The Hall–Kier alpha value is -1.42. The first kappa shape index (κ1) is 19.9. The van der Waals surface area contributed by atoms with Crippen LogP contribution in [0.15, 0.2) is 41.7 Å². The summed E-state index contributed by atoms with van der Waals surface area (Å²) in [6, 6.07) is 6.44. The van der Waals surface area contributed by atoms with E-state index in [2.05, 4.69) is 15.0 Å². The summed E-state index contributed by atoms with van der Waals surface area (Å²) in [5.74, 6) is 0.653. The van der Waals surface area contributed by atoms with E-state index in [1.54, 1.807) is 12.1 Å². The smallest absolute Gasteiger partial charge is 1.00 e. The number of imidazole rings is 1. The zero-order chi connectivity index (χ0) is 17.3. The number of ether oxygens (including phenoxy) is 1. The van der Waals surface area contributed by atoms with Gasteiger partial charge < -0.3 is 11.1 Å². The molecule has 0 aliphatic carbocycles. The first-order chi connectivity index (χ1) is 11.4. The molecular weight excluding hydrogens is 366 g/mol. The summed E-state index contributed by atoms with van der Waals surface area (Å²) in [6.07, 6.45) is -2.91. The second-order valence-electron chi connectivity index (χ2n) is 4.95. The van der Waals surface area contributed by atoms with Gasteiger partial charge in [0.15, 0.2) is 5.16 Å². The zero-order valence-corrected chi connectivity index (χ0v) is 16.2. The summed E-state index contributed by atoms with van der Waals surface area (Å²) in [4.78, 5) is 10.9. The SMILES string of the molecule is COc1ccnc(CS(=O)c2nc3ccc(C(F)(F)F)cc3[nH]2)c1.[H-].[Na+]. The molecule has 1 unspecified atom stereocenters. The molecule has 3 aromatic rings. The van der Waals surface area contributed by atoms with Crippen molar-refractivity contribution in [2.75, 3.05) is 7.11 Å². The number of benzene rings is 1. The van der Waals surface area contributed by atoms with Crippen molar-refractivity contribution in [1.29, 1.82) is 0 Å². The standard InChI is InChI=1S/C15H12F3N3O2S.Na.H/c1-23-11-4-5-19-10(7-11)8-24(22)14-20-12-3-2-9(15(16,17)18)6-13(12)21-14;;/h2-7H,8H2,1H3,(H,20,21);;/q;+1;-1. The van der Waals surface area contributed by atoms with Crippen molar-refractivity contribution >= 4 is 21.8 Å². The fourth-order valence-electron chi connectivity index (χ4n) is 2.14. The Morgan fingerprint density at radius 3 is 2.72 bits per heavy atom. The van der Waals surface area contributed by atoms with Crippen LogP contribution in [0.25, 0.3) is 11.0 Å². The number of nitrogens with zero attached hydrogens (tertiary/aromatic N) is 2. The summed E-state index contributed by atoms with van der Waals surface area (Å²) in [5.41, 5.74) is 0.256. The molecule has 10 heteroatoms. The molecule has 0 fully saturated rings. The molecule has 2 heterocycles. The van der Waals surface area contributed by atoms with Gasteiger partial charge in [-0.15, -0.1) is 0 Å². The Balaban J connectivity index is 0.00000169. The van der Waals surface area contributed by atoms with Gasteiger partial charge in [0, 0.05) is 12.3 Å². The number of rotatable bonds is 4.